The van der Waals surface area contributed by atoms with Crippen molar-refractivity contribution in [2.75, 3.05) is 13.7 Å². The third-order valence-corrected chi connectivity index (χ3v) is 2.94. The lowest BCUT2D eigenvalue weighted by Gasteiger charge is -2.36. The molecule has 0 aromatic heterocycles. The van der Waals surface area contributed by atoms with Crippen LogP contribution in [0.1, 0.15) is 13.3 Å². The Kier molecular flexibility index (Phi) is 4.65. The summed E-state index contributed by atoms with van der Waals surface area (Å²) in [6, 6.07) is 0. The van der Waals surface area contributed by atoms with Crippen LogP contribution in [0.2, 0.25) is 0 Å². The zero-order valence-corrected chi connectivity index (χ0v) is 9.88. The van der Waals surface area contributed by atoms with Gasteiger partial charge in [-0.2, -0.15) is 8.42 Å². The molecule has 4 atom stereocenters. The number of methoxy groups -OCH3 is 1. The lowest BCUT2D eigenvalue weighted by molar-refractivity contribution is -0.237. The normalized spacial score (nSPS) is 36.2. The largest absolute Gasteiger partial charge is 0.397 e. The second kappa shape index (κ2) is 5.39. The second-order valence-electron chi connectivity index (χ2n) is 3.74. The highest BCUT2D eigenvalue weighted by Crippen LogP contribution is 2.26. The molecule has 2 N–H and O–H groups in total. The van der Waals surface area contributed by atoms with Crippen molar-refractivity contribution >= 4 is 10.4 Å². The van der Waals surface area contributed by atoms with Crippen molar-refractivity contribution in [3.8, 4) is 0 Å². The molecule has 0 spiro atoms. The van der Waals surface area contributed by atoms with E-state index in [1.165, 1.54) is 7.11 Å². The van der Waals surface area contributed by atoms with E-state index in [1.807, 2.05) is 0 Å². The molecule has 4 unspecified atom stereocenters. The minimum atomic E-state index is -4.48. The molecule has 0 amide bonds. The maximum Gasteiger partial charge on any atom is 0.397 e. The molecule has 0 bridgehead atoms. The van der Waals surface area contributed by atoms with Crippen molar-refractivity contribution in [2.24, 2.45) is 5.92 Å². The smallest absolute Gasteiger partial charge is 0.393 e. The van der Waals surface area contributed by atoms with E-state index in [2.05, 4.69) is 4.18 Å². The fraction of sp³-hybridized carbons (Fsp3) is 1.00. The highest BCUT2D eigenvalue weighted by molar-refractivity contribution is 7.80. The molecule has 1 heterocycles. The topological polar surface area (TPSA) is 102 Å². The number of rotatable bonds is 4. The van der Waals surface area contributed by atoms with E-state index < -0.39 is 28.9 Å². The predicted octanol–water partition coefficient (Wildman–Crippen LogP) is -0.436. The van der Waals surface area contributed by atoms with Crippen molar-refractivity contribution in [3.63, 3.8) is 0 Å². The summed E-state index contributed by atoms with van der Waals surface area (Å²) in [5.74, 6) is -0.202. The maximum atomic E-state index is 10.4. The first kappa shape index (κ1) is 13.8. The molecule has 8 heteroatoms. The lowest BCUT2D eigenvalue weighted by atomic mass is 9.95. The van der Waals surface area contributed by atoms with E-state index in [-0.39, 0.29) is 18.9 Å². The molecule has 96 valence electrons. The van der Waals surface area contributed by atoms with Crippen LogP contribution in [0.25, 0.3) is 0 Å². The zero-order chi connectivity index (χ0) is 12.3. The van der Waals surface area contributed by atoms with Gasteiger partial charge in [-0.15, -0.1) is 0 Å². The Hall–Kier alpha value is -0.250. The molecule has 1 aliphatic heterocycles. The number of aliphatic hydroxyl groups is 1. The predicted molar refractivity (Wildman–Crippen MR) is 53.0 cm³/mol. The van der Waals surface area contributed by atoms with Crippen molar-refractivity contribution in [1.82, 2.24) is 0 Å². The Balaban J connectivity index is 2.51. The van der Waals surface area contributed by atoms with Gasteiger partial charge in [0.2, 0.25) is 0 Å². The Labute approximate surface area is 94.3 Å². The van der Waals surface area contributed by atoms with Crippen molar-refractivity contribution < 1.29 is 31.7 Å². The van der Waals surface area contributed by atoms with Gasteiger partial charge in [0.25, 0.3) is 0 Å². The Morgan fingerprint density at radius 1 is 1.50 bits per heavy atom. The summed E-state index contributed by atoms with van der Waals surface area (Å²) >= 11 is 0. The third-order valence-electron chi connectivity index (χ3n) is 2.50. The highest BCUT2D eigenvalue weighted by Gasteiger charge is 2.35. The molecule has 7 nitrogen and oxygen atoms in total. The van der Waals surface area contributed by atoms with Gasteiger partial charge in [-0.25, -0.2) is 4.18 Å². The minimum Gasteiger partial charge on any atom is -0.393 e. The highest BCUT2D eigenvalue weighted by atomic mass is 32.3. The van der Waals surface area contributed by atoms with Gasteiger partial charge in [0.15, 0.2) is 6.29 Å². The van der Waals surface area contributed by atoms with E-state index in [1.54, 1.807) is 6.92 Å². The molecule has 16 heavy (non-hydrogen) atoms. The molecule has 0 aromatic rings. The van der Waals surface area contributed by atoms with Gasteiger partial charge in [-0.3, -0.25) is 4.55 Å². The summed E-state index contributed by atoms with van der Waals surface area (Å²) in [5, 5.41) is 9.65. The van der Waals surface area contributed by atoms with Crippen LogP contribution in [0, 0.1) is 5.92 Å². The van der Waals surface area contributed by atoms with Gasteiger partial charge in [-0.1, -0.05) is 6.92 Å². The molecule has 0 aromatic carbocycles. The minimum absolute atomic E-state index is 0.202. The third kappa shape index (κ3) is 3.96. The van der Waals surface area contributed by atoms with Gasteiger partial charge in [0.1, 0.15) is 0 Å². The summed E-state index contributed by atoms with van der Waals surface area (Å²) in [6.45, 7) is 1.42. The molecule has 0 aliphatic carbocycles. The molecule has 1 fully saturated rings. The van der Waals surface area contributed by atoms with Crippen molar-refractivity contribution in [2.45, 2.75) is 31.8 Å². The standard InChI is InChI=1S/C8H16O7S/c1-5-7(9)3-6(15-8(5)13-2)4-14-16(10,11)12/h5-9H,3-4H2,1-2H3,(H,10,11,12). The van der Waals surface area contributed by atoms with E-state index in [0.717, 1.165) is 0 Å². The van der Waals surface area contributed by atoms with Crippen LogP contribution in [-0.2, 0) is 24.1 Å². The van der Waals surface area contributed by atoms with Crippen LogP contribution in [0.15, 0.2) is 0 Å². The van der Waals surface area contributed by atoms with Crippen molar-refractivity contribution in [3.05, 3.63) is 0 Å². The van der Waals surface area contributed by atoms with Crippen LogP contribution in [-0.4, -0.2) is 50.3 Å². The average molecular weight is 256 g/mol. The summed E-state index contributed by atoms with van der Waals surface area (Å²) in [5.41, 5.74) is 0. The molecule has 0 saturated carbocycles. The van der Waals surface area contributed by atoms with Crippen LogP contribution in [0.4, 0.5) is 0 Å². The number of hydrogen-bond donors (Lipinski definition) is 2. The zero-order valence-electron chi connectivity index (χ0n) is 9.07. The monoisotopic (exact) mass is 256 g/mol. The van der Waals surface area contributed by atoms with Gasteiger partial charge in [0, 0.05) is 19.4 Å². The molecular formula is C8H16O7S. The summed E-state index contributed by atoms with van der Waals surface area (Å²) in [6.07, 6.45) is -1.66. The first-order valence-electron chi connectivity index (χ1n) is 4.81. The summed E-state index contributed by atoms with van der Waals surface area (Å²) < 4.78 is 43.6. The number of aliphatic hydroxyl groups excluding tert-OH is 1. The number of ether oxygens (including phenoxy) is 2. The van der Waals surface area contributed by atoms with Crippen LogP contribution >= 0.6 is 0 Å². The first-order chi connectivity index (χ1) is 7.33. The van der Waals surface area contributed by atoms with Gasteiger partial charge in [0.05, 0.1) is 18.8 Å². The van der Waals surface area contributed by atoms with Gasteiger partial charge >= 0.3 is 10.4 Å². The first-order valence-corrected chi connectivity index (χ1v) is 6.18. The van der Waals surface area contributed by atoms with Crippen LogP contribution in [0.5, 0.6) is 0 Å². The van der Waals surface area contributed by atoms with Crippen LogP contribution in [0.3, 0.4) is 0 Å². The van der Waals surface area contributed by atoms with Crippen molar-refractivity contribution in [1.29, 1.82) is 0 Å². The SMILES string of the molecule is COC1OC(COS(=O)(=O)O)CC(O)C1C. The lowest BCUT2D eigenvalue weighted by Crippen LogP contribution is -2.45. The molecule has 1 saturated heterocycles. The fourth-order valence-electron chi connectivity index (χ4n) is 1.57. The Morgan fingerprint density at radius 3 is 2.62 bits per heavy atom. The summed E-state index contributed by atoms with van der Waals surface area (Å²) in [4.78, 5) is 0. The molecule has 1 aliphatic rings. The molecule has 1 rings (SSSR count). The molecular weight excluding hydrogens is 240 g/mol. The Bertz CT molecular complexity index is 314. The maximum absolute atomic E-state index is 10.4. The average Bonchev–Trinajstić information content (AvgIpc) is 2.18. The van der Waals surface area contributed by atoms with Gasteiger partial charge < -0.3 is 14.6 Å². The quantitative estimate of drug-likeness (QED) is 0.657. The second-order valence-corrected chi connectivity index (χ2v) is 4.83. The number of hydrogen-bond acceptors (Lipinski definition) is 6. The van der Waals surface area contributed by atoms with Gasteiger partial charge in [-0.05, 0) is 0 Å². The van der Waals surface area contributed by atoms with E-state index in [0.29, 0.717) is 0 Å². The Morgan fingerprint density at radius 2 is 2.12 bits per heavy atom. The fourth-order valence-corrected chi connectivity index (χ4v) is 1.90. The molecule has 0 radical (unpaired) electrons. The van der Waals surface area contributed by atoms with E-state index in [4.69, 9.17) is 14.0 Å². The van der Waals surface area contributed by atoms with E-state index in [9.17, 15) is 13.5 Å². The van der Waals surface area contributed by atoms with Crippen LogP contribution < -0.4 is 0 Å². The summed E-state index contributed by atoms with van der Waals surface area (Å²) in [7, 11) is -3.05. The van der Waals surface area contributed by atoms with E-state index >= 15 is 0 Å².